The number of benzene rings is 2. The van der Waals surface area contributed by atoms with Crippen molar-refractivity contribution in [3.63, 3.8) is 0 Å². The number of fused-ring (bicyclic) bond motifs is 1. The predicted octanol–water partition coefficient (Wildman–Crippen LogP) is 4.08. The van der Waals surface area contributed by atoms with Gasteiger partial charge in [0.1, 0.15) is 0 Å². The second-order valence-electron chi connectivity index (χ2n) is 7.50. The molecule has 0 bridgehead atoms. The molecule has 0 aromatic heterocycles. The lowest BCUT2D eigenvalue weighted by Crippen LogP contribution is -2.43. The predicted molar refractivity (Wildman–Crippen MR) is 118 cm³/mol. The van der Waals surface area contributed by atoms with Gasteiger partial charge in [0.05, 0.1) is 30.7 Å². The Morgan fingerprint density at radius 1 is 0.935 bits per heavy atom. The molecule has 8 heteroatoms. The molecule has 162 valence electrons. The molecule has 0 radical (unpaired) electrons. The highest BCUT2D eigenvalue weighted by Crippen LogP contribution is 2.68. The molecule has 0 spiro atoms. The van der Waals surface area contributed by atoms with Gasteiger partial charge in [-0.2, -0.15) is 0 Å². The first-order chi connectivity index (χ1) is 15.0. The van der Waals surface area contributed by atoms with Gasteiger partial charge in [-0.3, -0.25) is 19.1 Å². The number of anilines is 1. The summed E-state index contributed by atoms with van der Waals surface area (Å²) in [5.41, 5.74) is 1.31. The molecule has 2 aliphatic rings. The Hall–Kier alpha value is -2.60. The summed E-state index contributed by atoms with van der Waals surface area (Å²) in [4.78, 5) is 32.6. The van der Waals surface area contributed by atoms with E-state index in [1.807, 2.05) is 36.4 Å². The van der Waals surface area contributed by atoms with Crippen molar-refractivity contribution in [1.82, 2.24) is 0 Å². The molecular weight excluding hydrogens is 415 g/mol. The van der Waals surface area contributed by atoms with E-state index in [1.54, 1.807) is 38.1 Å². The summed E-state index contributed by atoms with van der Waals surface area (Å²) >= 11 is 0. The molecule has 0 aliphatic carbocycles. The van der Waals surface area contributed by atoms with E-state index in [1.165, 1.54) is 11.1 Å². The van der Waals surface area contributed by atoms with Gasteiger partial charge in [-0.1, -0.05) is 48.5 Å². The van der Waals surface area contributed by atoms with Crippen molar-refractivity contribution in [1.29, 1.82) is 0 Å². The number of hydrogen-bond acceptors (Lipinski definition) is 6. The molecule has 7 nitrogen and oxygen atoms in total. The molecule has 3 unspecified atom stereocenters. The normalized spacial score (nSPS) is 25.3. The summed E-state index contributed by atoms with van der Waals surface area (Å²) in [6, 6.07) is 18.1. The van der Waals surface area contributed by atoms with Gasteiger partial charge in [0.2, 0.25) is 11.8 Å². The number of amides is 2. The van der Waals surface area contributed by atoms with Gasteiger partial charge in [0.15, 0.2) is 5.28 Å². The number of para-hydroxylation sites is 1. The van der Waals surface area contributed by atoms with E-state index in [0.717, 1.165) is 5.56 Å². The van der Waals surface area contributed by atoms with Crippen molar-refractivity contribution in [2.45, 2.75) is 25.5 Å². The van der Waals surface area contributed by atoms with Gasteiger partial charge >= 0.3 is 7.60 Å². The van der Waals surface area contributed by atoms with Crippen LogP contribution in [0.25, 0.3) is 0 Å². The molecule has 31 heavy (non-hydrogen) atoms. The van der Waals surface area contributed by atoms with Crippen molar-refractivity contribution < 1.29 is 23.2 Å². The SMILES string of the molecule is CCOP(=O)(OCC)C1(Cc2ccccc2)N=CC2C(=O)N(c3ccccc3)C(=O)C21. The number of rotatable bonds is 8. The minimum atomic E-state index is -3.91. The van der Waals surface area contributed by atoms with E-state index >= 15 is 0 Å². The Kier molecular flexibility index (Phi) is 5.93. The Morgan fingerprint density at radius 2 is 1.52 bits per heavy atom. The maximum Gasteiger partial charge on any atom is 0.359 e. The fourth-order valence-corrected chi connectivity index (χ4v) is 6.84. The lowest BCUT2D eigenvalue weighted by molar-refractivity contribution is -0.122. The van der Waals surface area contributed by atoms with Crippen LogP contribution >= 0.6 is 7.60 Å². The summed E-state index contributed by atoms with van der Waals surface area (Å²) in [6.45, 7) is 3.70. The number of carbonyl (C=O) groups excluding carboxylic acids is 2. The lowest BCUT2D eigenvalue weighted by Gasteiger charge is -2.37. The van der Waals surface area contributed by atoms with E-state index in [9.17, 15) is 14.2 Å². The quantitative estimate of drug-likeness (QED) is 0.456. The van der Waals surface area contributed by atoms with Gasteiger partial charge in [-0.05, 0) is 31.5 Å². The molecule has 2 aromatic carbocycles. The molecule has 2 aliphatic heterocycles. The molecule has 3 atom stereocenters. The van der Waals surface area contributed by atoms with E-state index < -0.39 is 30.6 Å². The van der Waals surface area contributed by atoms with Crippen LogP contribution < -0.4 is 4.90 Å². The van der Waals surface area contributed by atoms with Crippen molar-refractivity contribution in [2.24, 2.45) is 16.8 Å². The van der Waals surface area contributed by atoms with E-state index in [0.29, 0.717) is 5.69 Å². The largest absolute Gasteiger partial charge is 0.359 e. The first kappa shape index (κ1) is 21.6. The van der Waals surface area contributed by atoms with Crippen molar-refractivity contribution >= 4 is 31.3 Å². The molecule has 0 saturated carbocycles. The number of carbonyl (C=O) groups is 2. The van der Waals surface area contributed by atoms with Crippen LogP contribution in [-0.2, 0) is 29.6 Å². The van der Waals surface area contributed by atoms with Crippen LogP contribution in [0.5, 0.6) is 0 Å². The molecule has 2 aromatic rings. The van der Waals surface area contributed by atoms with Gasteiger partial charge in [-0.25, -0.2) is 4.90 Å². The summed E-state index contributed by atoms with van der Waals surface area (Å²) in [7, 11) is -3.91. The smallest absolute Gasteiger partial charge is 0.307 e. The van der Waals surface area contributed by atoms with Crippen LogP contribution in [0, 0.1) is 11.8 Å². The second-order valence-corrected chi connectivity index (χ2v) is 9.79. The lowest BCUT2D eigenvalue weighted by atomic mass is 9.88. The van der Waals surface area contributed by atoms with Crippen LogP contribution in [0.2, 0.25) is 0 Å². The second kappa shape index (κ2) is 8.50. The van der Waals surface area contributed by atoms with Crippen LogP contribution in [0.4, 0.5) is 5.69 Å². The van der Waals surface area contributed by atoms with Crippen molar-refractivity contribution in [2.75, 3.05) is 18.1 Å². The Bertz CT molecular complexity index is 1030. The third-order valence-corrected chi connectivity index (χ3v) is 8.40. The minimum absolute atomic E-state index is 0.130. The molecular formula is C23H25N2O5P. The Morgan fingerprint density at radius 3 is 2.10 bits per heavy atom. The fraction of sp³-hybridized carbons (Fsp3) is 0.348. The molecule has 2 heterocycles. The number of nitrogens with zero attached hydrogens (tertiary/aromatic N) is 2. The highest BCUT2D eigenvalue weighted by molar-refractivity contribution is 7.55. The van der Waals surface area contributed by atoms with Crippen LogP contribution in [0.1, 0.15) is 19.4 Å². The zero-order chi connectivity index (χ0) is 22.1. The average molecular weight is 440 g/mol. The van der Waals surface area contributed by atoms with Gasteiger partial charge in [0.25, 0.3) is 0 Å². The molecule has 1 fully saturated rings. The highest BCUT2D eigenvalue weighted by Gasteiger charge is 2.68. The number of imide groups is 1. The Balaban J connectivity index is 1.84. The standard InChI is InChI=1S/C23H25N2O5P/c1-3-29-31(28,30-4-2)23(15-17-11-7-5-8-12-17)20-19(16-24-23)21(26)25(22(20)27)18-13-9-6-10-14-18/h5-14,16,19-20H,3-4,15H2,1-2H3. The number of hydrogen-bond donors (Lipinski definition) is 0. The van der Waals surface area contributed by atoms with Crippen molar-refractivity contribution in [3.05, 3.63) is 66.2 Å². The number of aliphatic imine (C=N–C) groups is 1. The summed E-state index contributed by atoms with van der Waals surface area (Å²) in [5.74, 6) is -2.59. The maximum atomic E-state index is 14.1. The third kappa shape index (κ3) is 3.47. The average Bonchev–Trinajstić information content (AvgIpc) is 3.27. The first-order valence-electron chi connectivity index (χ1n) is 10.4. The van der Waals surface area contributed by atoms with Crippen LogP contribution in [-0.4, -0.2) is 36.5 Å². The fourth-order valence-electron chi connectivity index (χ4n) is 4.44. The van der Waals surface area contributed by atoms with Gasteiger partial charge in [-0.15, -0.1) is 0 Å². The summed E-state index contributed by atoms with van der Waals surface area (Å²) < 4.78 is 25.5. The summed E-state index contributed by atoms with van der Waals surface area (Å²) in [5, 5.41) is -1.51. The highest BCUT2D eigenvalue weighted by atomic mass is 31.2. The summed E-state index contributed by atoms with van der Waals surface area (Å²) in [6.07, 6.45) is 1.62. The zero-order valence-electron chi connectivity index (χ0n) is 17.5. The van der Waals surface area contributed by atoms with Crippen LogP contribution in [0.15, 0.2) is 65.7 Å². The van der Waals surface area contributed by atoms with Crippen LogP contribution in [0.3, 0.4) is 0 Å². The van der Waals surface area contributed by atoms with Crippen molar-refractivity contribution in [3.8, 4) is 0 Å². The topological polar surface area (TPSA) is 85.3 Å². The molecule has 2 amide bonds. The molecule has 1 saturated heterocycles. The van der Waals surface area contributed by atoms with E-state index in [-0.39, 0.29) is 25.5 Å². The Labute approximate surface area is 181 Å². The van der Waals surface area contributed by atoms with Gasteiger partial charge < -0.3 is 9.05 Å². The van der Waals surface area contributed by atoms with Gasteiger partial charge in [0, 0.05) is 12.6 Å². The third-order valence-electron chi connectivity index (χ3n) is 5.70. The maximum absolute atomic E-state index is 14.1. The first-order valence-corrected chi connectivity index (χ1v) is 11.9. The zero-order valence-corrected chi connectivity index (χ0v) is 18.4. The monoisotopic (exact) mass is 440 g/mol. The molecule has 4 rings (SSSR count). The molecule has 0 N–H and O–H groups in total. The van der Waals surface area contributed by atoms with E-state index in [4.69, 9.17) is 9.05 Å². The van der Waals surface area contributed by atoms with E-state index in [2.05, 4.69) is 4.99 Å². The minimum Gasteiger partial charge on any atom is -0.307 e.